The number of allylic oxidation sites excluding steroid dienone is 2. The normalized spacial score (nSPS) is 40.9. The number of nitrogens with zero attached hydrogens (tertiary/aromatic N) is 1. The van der Waals surface area contributed by atoms with Crippen molar-refractivity contribution in [1.82, 2.24) is 0 Å². The van der Waals surface area contributed by atoms with Crippen molar-refractivity contribution >= 4 is 17.5 Å². The van der Waals surface area contributed by atoms with Crippen LogP contribution >= 0.6 is 0 Å². The third-order valence-electron chi connectivity index (χ3n) is 6.48. The fraction of sp³-hybridized carbons (Fsp3) is 0.474. The van der Waals surface area contributed by atoms with Crippen molar-refractivity contribution in [3.05, 3.63) is 41.5 Å². The van der Waals surface area contributed by atoms with Crippen molar-refractivity contribution in [2.75, 3.05) is 4.90 Å². The molecule has 0 aromatic heterocycles. The Kier molecular flexibility index (Phi) is 2.23. The van der Waals surface area contributed by atoms with Gasteiger partial charge in [0, 0.05) is 0 Å². The van der Waals surface area contributed by atoms with E-state index in [0.717, 1.165) is 16.8 Å². The first-order valence-corrected chi connectivity index (χ1v) is 8.22. The highest BCUT2D eigenvalue weighted by atomic mass is 16.2. The molecule has 4 aliphatic carbocycles. The minimum absolute atomic E-state index is 0.0356. The molecule has 6 rings (SSSR count). The zero-order valence-corrected chi connectivity index (χ0v) is 12.8. The second kappa shape index (κ2) is 3.89. The Labute approximate surface area is 130 Å². The Bertz CT molecular complexity index is 714. The molecule has 0 radical (unpaired) electrons. The number of benzene rings is 1. The van der Waals surface area contributed by atoms with E-state index in [-0.39, 0.29) is 23.7 Å². The summed E-state index contributed by atoms with van der Waals surface area (Å²) in [6.07, 6.45) is 5.65. The molecule has 3 fully saturated rings. The number of carbonyl (C=O) groups is 2. The topological polar surface area (TPSA) is 37.4 Å². The van der Waals surface area contributed by atoms with Crippen LogP contribution in [-0.4, -0.2) is 11.8 Å². The number of anilines is 1. The molecule has 3 nitrogen and oxygen atoms in total. The number of rotatable bonds is 1. The Morgan fingerprint density at radius 1 is 0.955 bits per heavy atom. The standard InChI is InChI=1S/C19H19NO2/c1-9-4-3-5-15(10(9)2)20-18(21)16-11-6-7-12(14-8-13(11)14)17(16)19(20)22/h3-7,11-14,16-17H,8H2,1-2H3/t11-,12-,13-,14-,16-,17+/m1/s1. The van der Waals surface area contributed by atoms with Crippen LogP contribution in [0.25, 0.3) is 0 Å². The Morgan fingerprint density at radius 2 is 1.55 bits per heavy atom. The number of imide groups is 1. The van der Waals surface area contributed by atoms with E-state index in [4.69, 9.17) is 0 Å². The zero-order chi connectivity index (χ0) is 15.2. The molecule has 2 bridgehead atoms. The summed E-state index contributed by atoms with van der Waals surface area (Å²) in [5.41, 5.74) is 2.95. The van der Waals surface area contributed by atoms with Gasteiger partial charge in [0.05, 0.1) is 17.5 Å². The van der Waals surface area contributed by atoms with Crippen molar-refractivity contribution in [2.45, 2.75) is 20.3 Å². The van der Waals surface area contributed by atoms with Crippen molar-refractivity contribution < 1.29 is 9.59 Å². The molecule has 0 spiro atoms. The number of hydrogen-bond acceptors (Lipinski definition) is 2. The number of hydrogen-bond donors (Lipinski definition) is 0. The average Bonchev–Trinajstić information content (AvgIpc) is 3.28. The molecule has 22 heavy (non-hydrogen) atoms. The van der Waals surface area contributed by atoms with Crippen molar-refractivity contribution in [2.24, 2.45) is 35.5 Å². The maximum absolute atomic E-state index is 13.0. The van der Waals surface area contributed by atoms with E-state index in [1.54, 1.807) is 0 Å². The molecule has 6 atom stereocenters. The predicted octanol–water partition coefficient (Wildman–Crippen LogP) is 2.86. The van der Waals surface area contributed by atoms with E-state index in [1.807, 2.05) is 32.0 Å². The summed E-state index contributed by atoms with van der Waals surface area (Å²) in [6, 6.07) is 5.87. The maximum Gasteiger partial charge on any atom is 0.238 e. The van der Waals surface area contributed by atoms with Gasteiger partial charge >= 0.3 is 0 Å². The number of aryl methyl sites for hydroxylation is 1. The minimum Gasteiger partial charge on any atom is -0.274 e. The van der Waals surface area contributed by atoms with Crippen LogP contribution in [0.4, 0.5) is 5.69 Å². The van der Waals surface area contributed by atoms with Crippen molar-refractivity contribution in [3.63, 3.8) is 0 Å². The van der Waals surface area contributed by atoms with Crippen molar-refractivity contribution in [1.29, 1.82) is 0 Å². The molecule has 0 N–H and O–H groups in total. The van der Waals surface area contributed by atoms with Crippen LogP contribution in [0.2, 0.25) is 0 Å². The quantitative estimate of drug-likeness (QED) is 0.590. The average molecular weight is 293 g/mol. The molecule has 3 heteroatoms. The highest BCUT2D eigenvalue weighted by Gasteiger charge is 2.67. The number of amides is 2. The molecule has 0 unspecified atom stereocenters. The van der Waals surface area contributed by atoms with Crippen molar-refractivity contribution in [3.8, 4) is 0 Å². The van der Waals surface area contributed by atoms with Gasteiger partial charge in [-0.3, -0.25) is 9.59 Å². The van der Waals surface area contributed by atoms with E-state index in [9.17, 15) is 9.59 Å². The first kappa shape index (κ1) is 12.6. The summed E-state index contributed by atoms with van der Waals surface area (Å²) in [7, 11) is 0. The summed E-state index contributed by atoms with van der Waals surface area (Å²) in [5, 5.41) is 0. The molecule has 1 heterocycles. The summed E-state index contributed by atoms with van der Waals surface area (Å²) in [5.74, 6) is 1.77. The molecule has 2 amide bonds. The van der Waals surface area contributed by atoms with Gasteiger partial charge in [-0.25, -0.2) is 4.90 Å². The minimum atomic E-state index is -0.105. The van der Waals surface area contributed by atoms with Gasteiger partial charge in [0.1, 0.15) is 0 Å². The molecule has 1 aromatic rings. The largest absolute Gasteiger partial charge is 0.274 e. The molecule has 1 aromatic carbocycles. The third kappa shape index (κ3) is 1.33. The molecule has 5 aliphatic rings. The van der Waals surface area contributed by atoms with Crippen LogP contribution in [-0.2, 0) is 9.59 Å². The summed E-state index contributed by atoms with van der Waals surface area (Å²) >= 11 is 0. The van der Waals surface area contributed by atoms with Gasteiger partial charge in [-0.15, -0.1) is 0 Å². The molecule has 1 aliphatic heterocycles. The summed E-state index contributed by atoms with van der Waals surface area (Å²) in [6.45, 7) is 4.02. The lowest BCUT2D eigenvalue weighted by Gasteiger charge is -2.37. The maximum atomic E-state index is 13.0. The highest BCUT2D eigenvalue weighted by Crippen LogP contribution is 2.65. The van der Waals surface area contributed by atoms with E-state index in [2.05, 4.69) is 12.2 Å². The molecule has 1 saturated heterocycles. The van der Waals surface area contributed by atoms with Gasteiger partial charge < -0.3 is 0 Å². The van der Waals surface area contributed by atoms with E-state index in [1.165, 1.54) is 11.3 Å². The van der Waals surface area contributed by atoms with Gasteiger partial charge in [-0.2, -0.15) is 0 Å². The molecule has 2 saturated carbocycles. The van der Waals surface area contributed by atoms with E-state index in [0.29, 0.717) is 23.7 Å². The molecular formula is C19H19NO2. The first-order chi connectivity index (χ1) is 10.6. The van der Waals surface area contributed by atoms with E-state index < -0.39 is 0 Å². The monoisotopic (exact) mass is 293 g/mol. The zero-order valence-electron chi connectivity index (χ0n) is 12.8. The lowest BCUT2D eigenvalue weighted by Crippen LogP contribution is -2.40. The summed E-state index contributed by atoms with van der Waals surface area (Å²) < 4.78 is 0. The molecule has 112 valence electrons. The van der Waals surface area contributed by atoms with Crippen LogP contribution in [0.1, 0.15) is 17.5 Å². The summed E-state index contributed by atoms with van der Waals surface area (Å²) in [4.78, 5) is 27.6. The Hall–Kier alpha value is -1.90. The number of carbonyl (C=O) groups excluding carboxylic acids is 2. The first-order valence-electron chi connectivity index (χ1n) is 8.22. The Morgan fingerprint density at radius 3 is 2.14 bits per heavy atom. The van der Waals surface area contributed by atoms with Crippen LogP contribution in [0, 0.1) is 49.4 Å². The van der Waals surface area contributed by atoms with Crippen LogP contribution in [0.15, 0.2) is 30.4 Å². The van der Waals surface area contributed by atoms with Crippen LogP contribution in [0.3, 0.4) is 0 Å². The third-order valence-corrected chi connectivity index (χ3v) is 6.48. The van der Waals surface area contributed by atoms with E-state index >= 15 is 0 Å². The SMILES string of the molecule is Cc1cccc(N2C(=O)[C@@H]3[C@@H]4C=C[C@H]([C@H]5C[C@H]45)[C@@H]3C2=O)c1C. The van der Waals surface area contributed by atoms with Gasteiger partial charge in [0.25, 0.3) is 0 Å². The second-order valence-corrected chi connectivity index (χ2v) is 7.39. The lowest BCUT2D eigenvalue weighted by atomic mass is 9.63. The van der Waals surface area contributed by atoms with Crippen LogP contribution < -0.4 is 4.90 Å². The second-order valence-electron chi connectivity index (χ2n) is 7.39. The van der Waals surface area contributed by atoms with Gasteiger partial charge in [-0.05, 0) is 61.1 Å². The van der Waals surface area contributed by atoms with Gasteiger partial charge in [-0.1, -0.05) is 24.3 Å². The fourth-order valence-corrected chi connectivity index (χ4v) is 5.17. The van der Waals surface area contributed by atoms with Gasteiger partial charge in [0.15, 0.2) is 0 Å². The fourth-order valence-electron chi connectivity index (χ4n) is 5.17. The lowest BCUT2D eigenvalue weighted by molar-refractivity contribution is -0.124. The smallest absolute Gasteiger partial charge is 0.238 e. The highest BCUT2D eigenvalue weighted by molar-refractivity contribution is 6.23. The Balaban J connectivity index is 1.62. The van der Waals surface area contributed by atoms with Crippen LogP contribution in [0.5, 0.6) is 0 Å². The predicted molar refractivity (Wildman–Crippen MR) is 83.1 cm³/mol. The molecular weight excluding hydrogens is 274 g/mol. The van der Waals surface area contributed by atoms with Gasteiger partial charge in [0.2, 0.25) is 11.8 Å².